The highest BCUT2D eigenvalue weighted by Gasteiger charge is 2.34. The van der Waals surface area contributed by atoms with Gasteiger partial charge in [0.1, 0.15) is 5.82 Å². The van der Waals surface area contributed by atoms with Crippen molar-refractivity contribution in [2.45, 2.75) is 6.18 Å². The zero-order valence-electron chi connectivity index (χ0n) is 9.74. The second kappa shape index (κ2) is 4.79. The number of hydrogen-bond donors (Lipinski definition) is 3. The predicted molar refractivity (Wildman–Crippen MR) is 65.7 cm³/mol. The molecular weight excluding hydrogens is 280 g/mol. The molecule has 0 radical (unpaired) electrons. The van der Waals surface area contributed by atoms with Crippen LogP contribution in [0, 0.1) is 5.82 Å². The Kier molecular flexibility index (Phi) is 3.30. The summed E-state index contributed by atoms with van der Waals surface area (Å²) in [6.45, 7) is 0. The Morgan fingerprint density at radius 2 is 1.70 bits per heavy atom. The van der Waals surface area contributed by atoms with E-state index in [1.165, 1.54) is 0 Å². The van der Waals surface area contributed by atoms with E-state index in [1.807, 2.05) is 0 Å². The van der Waals surface area contributed by atoms with Crippen molar-refractivity contribution in [1.29, 1.82) is 0 Å². The van der Waals surface area contributed by atoms with E-state index in [9.17, 15) is 17.6 Å². The number of anilines is 1. The van der Waals surface area contributed by atoms with E-state index in [-0.39, 0.29) is 23.1 Å². The van der Waals surface area contributed by atoms with Gasteiger partial charge in [0.05, 0.1) is 11.3 Å². The SMILES string of the molecule is NC1=NN=C(N)C1=NNc1ccc(F)c(C(F)(F)F)c1. The van der Waals surface area contributed by atoms with Gasteiger partial charge < -0.3 is 11.5 Å². The molecule has 0 spiro atoms. The van der Waals surface area contributed by atoms with Gasteiger partial charge in [-0.25, -0.2) is 4.39 Å². The summed E-state index contributed by atoms with van der Waals surface area (Å²) >= 11 is 0. The normalized spacial score (nSPS) is 14.9. The first-order chi connectivity index (χ1) is 9.29. The van der Waals surface area contributed by atoms with Gasteiger partial charge in [-0.15, -0.1) is 10.2 Å². The number of hydrogen-bond acceptors (Lipinski definition) is 6. The van der Waals surface area contributed by atoms with Crippen LogP contribution >= 0.6 is 0 Å². The molecule has 0 aromatic heterocycles. The van der Waals surface area contributed by atoms with Gasteiger partial charge in [-0.05, 0) is 18.2 Å². The molecule has 20 heavy (non-hydrogen) atoms. The fourth-order valence-corrected chi connectivity index (χ4v) is 1.38. The maximum Gasteiger partial charge on any atom is 0.419 e. The minimum absolute atomic E-state index is 0.00267. The van der Waals surface area contributed by atoms with Crippen LogP contribution in [0.25, 0.3) is 0 Å². The zero-order valence-corrected chi connectivity index (χ0v) is 9.74. The molecule has 0 bridgehead atoms. The van der Waals surface area contributed by atoms with Gasteiger partial charge in [0.15, 0.2) is 17.4 Å². The first-order valence-corrected chi connectivity index (χ1v) is 5.17. The number of nitrogens with one attached hydrogen (secondary N) is 1. The lowest BCUT2D eigenvalue weighted by Gasteiger charge is -2.10. The van der Waals surface area contributed by atoms with E-state index in [4.69, 9.17) is 11.5 Å². The minimum Gasteiger partial charge on any atom is -0.380 e. The average Bonchev–Trinajstić information content (AvgIpc) is 2.67. The minimum atomic E-state index is -4.80. The molecule has 1 aromatic carbocycles. The fraction of sp³-hybridized carbons (Fsp3) is 0.100. The molecule has 10 heteroatoms. The molecular formula is C10H8F4N6. The Balaban J connectivity index is 2.26. The predicted octanol–water partition coefficient (Wildman–Crippen LogP) is 1.26. The number of nitrogens with two attached hydrogens (primary N) is 2. The molecule has 1 aliphatic heterocycles. The molecule has 0 unspecified atom stereocenters. The van der Waals surface area contributed by atoms with Crippen LogP contribution in [0.5, 0.6) is 0 Å². The fourth-order valence-electron chi connectivity index (χ4n) is 1.38. The Hall–Kier alpha value is -2.65. The van der Waals surface area contributed by atoms with Crippen molar-refractivity contribution >= 4 is 23.1 Å². The smallest absolute Gasteiger partial charge is 0.380 e. The number of benzene rings is 1. The third kappa shape index (κ3) is 2.68. The highest BCUT2D eigenvalue weighted by molar-refractivity contribution is 6.68. The van der Waals surface area contributed by atoms with Crippen molar-refractivity contribution in [3.8, 4) is 0 Å². The molecule has 5 N–H and O–H groups in total. The lowest BCUT2D eigenvalue weighted by molar-refractivity contribution is -0.139. The highest BCUT2D eigenvalue weighted by Crippen LogP contribution is 2.32. The molecule has 2 rings (SSSR count). The lowest BCUT2D eigenvalue weighted by atomic mass is 10.2. The summed E-state index contributed by atoms with van der Waals surface area (Å²) < 4.78 is 50.6. The van der Waals surface area contributed by atoms with E-state index in [2.05, 4.69) is 20.7 Å². The largest absolute Gasteiger partial charge is 0.419 e. The van der Waals surface area contributed by atoms with E-state index in [0.29, 0.717) is 12.1 Å². The summed E-state index contributed by atoms with van der Waals surface area (Å²) in [6, 6.07) is 2.34. The zero-order chi connectivity index (χ0) is 14.9. The van der Waals surface area contributed by atoms with Crippen LogP contribution in [0.15, 0.2) is 33.5 Å². The monoisotopic (exact) mass is 288 g/mol. The number of rotatable bonds is 2. The Labute approximate surface area is 109 Å². The summed E-state index contributed by atoms with van der Waals surface area (Å²) in [6.07, 6.45) is -4.80. The van der Waals surface area contributed by atoms with Crippen LogP contribution in [0.2, 0.25) is 0 Å². The quantitative estimate of drug-likeness (QED) is 0.564. The summed E-state index contributed by atoms with van der Waals surface area (Å²) in [5.41, 5.74) is 11.6. The first-order valence-electron chi connectivity index (χ1n) is 5.17. The van der Waals surface area contributed by atoms with Gasteiger partial charge in [-0.1, -0.05) is 0 Å². The molecule has 0 saturated heterocycles. The maximum absolute atomic E-state index is 13.1. The van der Waals surface area contributed by atoms with Crippen LogP contribution in [0.3, 0.4) is 0 Å². The van der Waals surface area contributed by atoms with E-state index in [0.717, 1.165) is 6.07 Å². The molecule has 0 atom stereocenters. The molecule has 0 aliphatic carbocycles. The third-order valence-electron chi connectivity index (χ3n) is 2.32. The summed E-state index contributed by atoms with van der Waals surface area (Å²) in [5.74, 6) is -1.53. The van der Waals surface area contributed by atoms with Gasteiger partial charge in [0.25, 0.3) is 0 Å². The average molecular weight is 288 g/mol. The van der Waals surface area contributed by atoms with Crippen molar-refractivity contribution in [2.75, 3.05) is 5.43 Å². The topological polar surface area (TPSA) is 101 Å². The number of amidine groups is 2. The second-order valence-electron chi connectivity index (χ2n) is 3.74. The van der Waals surface area contributed by atoms with Crippen LogP contribution in [-0.2, 0) is 6.18 Å². The summed E-state index contributed by atoms with van der Waals surface area (Å²) in [4.78, 5) is 0. The van der Waals surface area contributed by atoms with Crippen LogP contribution in [0.1, 0.15) is 5.56 Å². The summed E-state index contributed by atoms with van der Waals surface area (Å²) in [7, 11) is 0. The van der Waals surface area contributed by atoms with Gasteiger partial charge >= 0.3 is 6.18 Å². The molecule has 6 nitrogen and oxygen atoms in total. The van der Waals surface area contributed by atoms with Gasteiger partial charge in [-0.2, -0.15) is 18.3 Å². The van der Waals surface area contributed by atoms with Crippen LogP contribution in [-0.4, -0.2) is 17.4 Å². The van der Waals surface area contributed by atoms with E-state index >= 15 is 0 Å². The summed E-state index contributed by atoms with van der Waals surface area (Å²) in [5, 5.41) is 10.5. The molecule has 0 saturated carbocycles. The molecule has 0 fully saturated rings. The van der Waals surface area contributed by atoms with Crippen molar-refractivity contribution in [1.82, 2.24) is 0 Å². The first kappa shape index (κ1) is 13.8. The Bertz CT molecular complexity index is 611. The lowest BCUT2D eigenvalue weighted by Crippen LogP contribution is -2.32. The second-order valence-corrected chi connectivity index (χ2v) is 3.74. The molecule has 1 aliphatic rings. The number of nitrogens with zero attached hydrogens (tertiary/aromatic N) is 3. The van der Waals surface area contributed by atoms with Crippen molar-refractivity contribution < 1.29 is 17.6 Å². The van der Waals surface area contributed by atoms with Gasteiger partial charge in [0, 0.05) is 0 Å². The highest BCUT2D eigenvalue weighted by atomic mass is 19.4. The van der Waals surface area contributed by atoms with Gasteiger partial charge in [0.2, 0.25) is 0 Å². The Morgan fingerprint density at radius 3 is 2.25 bits per heavy atom. The van der Waals surface area contributed by atoms with E-state index < -0.39 is 17.6 Å². The number of alkyl halides is 3. The van der Waals surface area contributed by atoms with E-state index in [1.54, 1.807) is 0 Å². The number of halogens is 4. The van der Waals surface area contributed by atoms with Crippen molar-refractivity contribution in [3.63, 3.8) is 0 Å². The molecule has 1 aromatic rings. The van der Waals surface area contributed by atoms with Crippen LogP contribution in [0.4, 0.5) is 23.2 Å². The Morgan fingerprint density at radius 1 is 1.10 bits per heavy atom. The van der Waals surface area contributed by atoms with Crippen molar-refractivity contribution in [2.24, 2.45) is 26.8 Å². The van der Waals surface area contributed by atoms with Crippen LogP contribution < -0.4 is 16.9 Å². The number of hydrazone groups is 1. The van der Waals surface area contributed by atoms with Gasteiger partial charge in [-0.3, -0.25) is 5.43 Å². The van der Waals surface area contributed by atoms with Crippen molar-refractivity contribution in [3.05, 3.63) is 29.6 Å². The standard InChI is InChI=1S/C10H8F4N6/c11-6-2-1-4(3-5(6)10(12,13)14)17-18-7-8(15)19-20-9(7)16/h1-3,17H,(H4,15,16,18,19,20). The molecule has 0 amide bonds. The third-order valence-corrected chi connectivity index (χ3v) is 2.32. The molecule has 1 heterocycles. The molecule has 106 valence electrons. The maximum atomic E-state index is 13.1.